The van der Waals surface area contributed by atoms with E-state index in [0.717, 1.165) is 43.7 Å². The summed E-state index contributed by atoms with van der Waals surface area (Å²) in [5.74, 6) is 1.58. The summed E-state index contributed by atoms with van der Waals surface area (Å²) in [6.45, 7) is 3.72. The Balaban J connectivity index is 2.59. The quantitative estimate of drug-likeness (QED) is 0.727. The fourth-order valence-electron chi connectivity index (χ4n) is 1.79. The second kappa shape index (κ2) is 7.06. The lowest BCUT2D eigenvalue weighted by Crippen LogP contribution is -2.21. The molecule has 0 radical (unpaired) electrons. The van der Waals surface area contributed by atoms with Crippen LogP contribution in [0.2, 0.25) is 0 Å². The first-order valence-corrected chi connectivity index (χ1v) is 5.97. The lowest BCUT2D eigenvalue weighted by Gasteiger charge is -2.20. The van der Waals surface area contributed by atoms with Gasteiger partial charge in [-0.1, -0.05) is 6.42 Å². The molecule has 0 bridgehead atoms. The van der Waals surface area contributed by atoms with Gasteiger partial charge in [-0.2, -0.15) is 0 Å². The van der Waals surface area contributed by atoms with Gasteiger partial charge < -0.3 is 15.4 Å². The molecule has 1 aromatic heterocycles. The molecule has 1 rings (SSSR count). The standard InChI is InChI=1S/C12H22N4O/c1-10-11(14-9-15-12(10)17-3)16(2)8-6-4-5-7-13/h9H,4-8,13H2,1-3H3. The summed E-state index contributed by atoms with van der Waals surface area (Å²) in [7, 11) is 3.66. The number of unbranched alkanes of at least 4 members (excludes halogenated alkanes) is 2. The van der Waals surface area contributed by atoms with Crippen LogP contribution in [-0.4, -0.2) is 37.2 Å². The number of nitrogens with zero attached hydrogens (tertiary/aromatic N) is 3. The number of hydrogen-bond donors (Lipinski definition) is 1. The predicted molar refractivity (Wildman–Crippen MR) is 69.5 cm³/mol. The summed E-state index contributed by atoms with van der Waals surface area (Å²) in [6, 6.07) is 0. The van der Waals surface area contributed by atoms with Crippen LogP contribution in [0, 0.1) is 6.92 Å². The van der Waals surface area contributed by atoms with Gasteiger partial charge in [0.05, 0.1) is 12.7 Å². The Morgan fingerprint density at radius 2 is 2.06 bits per heavy atom. The van der Waals surface area contributed by atoms with Gasteiger partial charge in [0.2, 0.25) is 5.88 Å². The second-order valence-corrected chi connectivity index (χ2v) is 4.10. The van der Waals surface area contributed by atoms with Gasteiger partial charge in [0.1, 0.15) is 12.1 Å². The molecule has 0 atom stereocenters. The van der Waals surface area contributed by atoms with E-state index in [-0.39, 0.29) is 0 Å². The average molecular weight is 238 g/mol. The molecule has 0 aliphatic rings. The zero-order chi connectivity index (χ0) is 12.7. The molecular formula is C12H22N4O. The van der Waals surface area contributed by atoms with Crippen LogP contribution in [0.3, 0.4) is 0 Å². The van der Waals surface area contributed by atoms with E-state index in [1.807, 2.05) is 14.0 Å². The van der Waals surface area contributed by atoms with E-state index in [0.29, 0.717) is 5.88 Å². The van der Waals surface area contributed by atoms with Gasteiger partial charge in [0, 0.05) is 13.6 Å². The molecule has 0 aliphatic carbocycles. The molecule has 2 N–H and O–H groups in total. The molecule has 0 fully saturated rings. The van der Waals surface area contributed by atoms with E-state index < -0.39 is 0 Å². The van der Waals surface area contributed by atoms with Crippen molar-refractivity contribution in [1.82, 2.24) is 9.97 Å². The molecular weight excluding hydrogens is 216 g/mol. The van der Waals surface area contributed by atoms with Crippen LogP contribution in [0.5, 0.6) is 5.88 Å². The van der Waals surface area contributed by atoms with E-state index in [1.54, 1.807) is 7.11 Å². The highest BCUT2D eigenvalue weighted by Crippen LogP contribution is 2.22. The molecule has 1 aromatic rings. The van der Waals surface area contributed by atoms with Crippen LogP contribution in [0.1, 0.15) is 24.8 Å². The first-order valence-electron chi connectivity index (χ1n) is 5.97. The van der Waals surface area contributed by atoms with E-state index >= 15 is 0 Å². The lowest BCUT2D eigenvalue weighted by molar-refractivity contribution is 0.393. The normalized spacial score (nSPS) is 10.4. The number of aromatic nitrogens is 2. The maximum atomic E-state index is 5.47. The highest BCUT2D eigenvalue weighted by molar-refractivity contribution is 5.49. The minimum absolute atomic E-state index is 0.642. The molecule has 0 spiro atoms. The Bertz CT molecular complexity index is 343. The molecule has 0 saturated heterocycles. The minimum Gasteiger partial charge on any atom is -0.481 e. The molecule has 0 saturated carbocycles. The number of anilines is 1. The Labute approximate surface area is 103 Å². The van der Waals surface area contributed by atoms with Crippen molar-refractivity contribution >= 4 is 5.82 Å². The van der Waals surface area contributed by atoms with Gasteiger partial charge in [0.25, 0.3) is 0 Å². The Hall–Kier alpha value is -1.36. The molecule has 0 aliphatic heterocycles. The van der Waals surface area contributed by atoms with E-state index in [9.17, 15) is 0 Å². The van der Waals surface area contributed by atoms with E-state index in [1.165, 1.54) is 6.33 Å². The Kier molecular flexibility index (Phi) is 5.69. The van der Waals surface area contributed by atoms with Crippen molar-refractivity contribution in [3.8, 4) is 5.88 Å². The maximum Gasteiger partial charge on any atom is 0.221 e. The Morgan fingerprint density at radius 1 is 1.29 bits per heavy atom. The lowest BCUT2D eigenvalue weighted by atomic mass is 10.2. The van der Waals surface area contributed by atoms with Crippen molar-refractivity contribution in [3.05, 3.63) is 11.9 Å². The number of ether oxygens (including phenoxy) is 1. The molecule has 96 valence electrons. The molecule has 5 heteroatoms. The summed E-state index contributed by atoms with van der Waals surface area (Å²) in [6.07, 6.45) is 4.90. The number of rotatable bonds is 7. The maximum absolute atomic E-state index is 5.47. The van der Waals surface area contributed by atoms with Crippen molar-refractivity contribution in [2.24, 2.45) is 5.73 Å². The number of hydrogen-bond acceptors (Lipinski definition) is 5. The largest absolute Gasteiger partial charge is 0.481 e. The van der Waals surface area contributed by atoms with Crippen LogP contribution in [-0.2, 0) is 0 Å². The zero-order valence-electron chi connectivity index (χ0n) is 10.9. The van der Waals surface area contributed by atoms with Gasteiger partial charge in [-0.05, 0) is 26.3 Å². The molecule has 0 aromatic carbocycles. The van der Waals surface area contributed by atoms with Crippen molar-refractivity contribution in [2.45, 2.75) is 26.2 Å². The number of methoxy groups -OCH3 is 1. The monoisotopic (exact) mass is 238 g/mol. The highest BCUT2D eigenvalue weighted by Gasteiger charge is 2.10. The van der Waals surface area contributed by atoms with Crippen LogP contribution in [0.25, 0.3) is 0 Å². The first kappa shape index (κ1) is 13.7. The molecule has 1 heterocycles. The van der Waals surface area contributed by atoms with Crippen LogP contribution in [0.15, 0.2) is 6.33 Å². The van der Waals surface area contributed by atoms with Gasteiger partial charge in [-0.3, -0.25) is 0 Å². The van der Waals surface area contributed by atoms with Crippen molar-refractivity contribution in [1.29, 1.82) is 0 Å². The summed E-state index contributed by atoms with van der Waals surface area (Å²) >= 11 is 0. The van der Waals surface area contributed by atoms with E-state index in [4.69, 9.17) is 10.5 Å². The van der Waals surface area contributed by atoms with Gasteiger partial charge in [-0.15, -0.1) is 0 Å². The van der Waals surface area contributed by atoms with Crippen LogP contribution in [0.4, 0.5) is 5.82 Å². The number of nitrogens with two attached hydrogens (primary N) is 1. The Morgan fingerprint density at radius 3 is 2.71 bits per heavy atom. The summed E-state index contributed by atoms with van der Waals surface area (Å²) < 4.78 is 5.18. The minimum atomic E-state index is 0.642. The van der Waals surface area contributed by atoms with E-state index in [2.05, 4.69) is 14.9 Å². The summed E-state index contributed by atoms with van der Waals surface area (Å²) in [4.78, 5) is 10.5. The van der Waals surface area contributed by atoms with Crippen LogP contribution < -0.4 is 15.4 Å². The SMILES string of the molecule is COc1ncnc(N(C)CCCCCN)c1C. The predicted octanol–water partition coefficient (Wildman–Crippen LogP) is 1.36. The fraction of sp³-hybridized carbons (Fsp3) is 0.667. The van der Waals surface area contributed by atoms with Gasteiger partial charge in [0.15, 0.2) is 0 Å². The van der Waals surface area contributed by atoms with Gasteiger partial charge in [-0.25, -0.2) is 9.97 Å². The third-order valence-corrected chi connectivity index (χ3v) is 2.76. The molecule has 17 heavy (non-hydrogen) atoms. The smallest absolute Gasteiger partial charge is 0.221 e. The third kappa shape index (κ3) is 3.85. The fourth-order valence-corrected chi connectivity index (χ4v) is 1.79. The average Bonchev–Trinajstić information content (AvgIpc) is 2.34. The first-order chi connectivity index (χ1) is 8.20. The van der Waals surface area contributed by atoms with Gasteiger partial charge >= 0.3 is 0 Å². The zero-order valence-corrected chi connectivity index (χ0v) is 10.9. The molecule has 0 amide bonds. The highest BCUT2D eigenvalue weighted by atomic mass is 16.5. The molecule has 0 unspecified atom stereocenters. The third-order valence-electron chi connectivity index (χ3n) is 2.76. The van der Waals surface area contributed by atoms with Crippen molar-refractivity contribution in [3.63, 3.8) is 0 Å². The second-order valence-electron chi connectivity index (χ2n) is 4.10. The summed E-state index contributed by atoms with van der Waals surface area (Å²) in [5.41, 5.74) is 6.45. The summed E-state index contributed by atoms with van der Waals surface area (Å²) in [5, 5.41) is 0. The molecule has 5 nitrogen and oxygen atoms in total. The topological polar surface area (TPSA) is 64.3 Å². The van der Waals surface area contributed by atoms with Crippen molar-refractivity contribution < 1.29 is 4.74 Å². The van der Waals surface area contributed by atoms with Crippen molar-refractivity contribution in [2.75, 3.05) is 32.1 Å². The van der Waals surface area contributed by atoms with Crippen LogP contribution >= 0.6 is 0 Å².